The van der Waals surface area contributed by atoms with E-state index in [1.807, 2.05) is 12.2 Å². The summed E-state index contributed by atoms with van der Waals surface area (Å²) < 4.78 is 1.42. The molecule has 0 atom stereocenters. The summed E-state index contributed by atoms with van der Waals surface area (Å²) in [5.41, 5.74) is 14.6. The van der Waals surface area contributed by atoms with Gasteiger partial charge in [-0.25, -0.2) is 12.2 Å². The molecule has 4 aromatic rings. The number of benzene rings is 4. The second kappa shape index (κ2) is 14.9. The Bertz CT molecular complexity index is 1630. The molecule has 0 fully saturated rings. The molecule has 6 rings (SSSR count). The van der Waals surface area contributed by atoms with Gasteiger partial charge in [0.05, 0.1) is 0 Å². The molecule has 0 bridgehead atoms. The van der Waals surface area contributed by atoms with Crippen molar-refractivity contribution in [3.8, 4) is 11.1 Å². The summed E-state index contributed by atoms with van der Waals surface area (Å²) in [6.45, 7) is 27.2. The summed E-state index contributed by atoms with van der Waals surface area (Å²) >= 11 is 1.46. The van der Waals surface area contributed by atoms with Gasteiger partial charge in [-0.2, -0.15) is 29.8 Å². The van der Waals surface area contributed by atoms with Crippen molar-refractivity contribution >= 4 is 3.21 Å². The van der Waals surface area contributed by atoms with E-state index in [1.54, 1.807) is 0 Å². The average Bonchev–Trinajstić information content (AvgIpc) is 3.71. The maximum Gasteiger partial charge on any atom is -0.109 e. The van der Waals surface area contributed by atoms with Gasteiger partial charge in [0.15, 0.2) is 0 Å². The van der Waals surface area contributed by atoms with Crippen LogP contribution in [0.5, 0.6) is 0 Å². The normalized spacial score (nSPS) is 13.6. The molecule has 0 aliphatic heterocycles. The monoisotopic (exact) mass is 710 g/mol. The number of fused-ring (bicyclic) bond motifs is 3. The molecular weight excluding hydrogens is 656 g/mol. The maximum atomic E-state index is 3.67. The van der Waals surface area contributed by atoms with Gasteiger partial charge in [-0.05, 0) is 28.4 Å². The minimum absolute atomic E-state index is 0.167. The average molecular weight is 712 g/mol. The minimum atomic E-state index is 0.167. The van der Waals surface area contributed by atoms with Gasteiger partial charge in [0.1, 0.15) is 0 Å². The molecule has 0 aromatic heterocycles. The molecule has 48 heavy (non-hydrogen) atoms. The molecule has 0 saturated heterocycles. The van der Waals surface area contributed by atoms with Crippen LogP contribution in [0, 0.1) is 12.1 Å². The van der Waals surface area contributed by atoms with Crippen molar-refractivity contribution in [2.45, 2.75) is 118 Å². The fourth-order valence-electron chi connectivity index (χ4n) is 5.81. The largest absolute Gasteiger partial charge is 0.273 e. The van der Waals surface area contributed by atoms with Gasteiger partial charge in [0.2, 0.25) is 0 Å². The van der Waals surface area contributed by atoms with E-state index in [4.69, 9.17) is 0 Å². The summed E-state index contributed by atoms with van der Waals surface area (Å²) in [6.07, 6.45) is 11.0. The zero-order valence-electron chi connectivity index (χ0n) is 31.7. The molecule has 4 aromatic carbocycles. The molecule has 0 N–H and O–H groups in total. The Hall–Kier alpha value is -2.89. The Kier molecular flexibility index (Phi) is 11.8. The van der Waals surface area contributed by atoms with Crippen LogP contribution in [-0.2, 0) is 52.3 Å². The zero-order valence-corrected chi connectivity index (χ0v) is 34.1. The quantitative estimate of drug-likeness (QED) is 0.160. The fourth-order valence-corrected chi connectivity index (χ4v) is 6.63. The Morgan fingerprint density at radius 1 is 0.562 bits per heavy atom. The fraction of sp³-hybridized carbons (Fsp3) is 0.383. The summed E-state index contributed by atoms with van der Waals surface area (Å²) in [4.78, 5) is 0. The number of rotatable bonds is 2. The van der Waals surface area contributed by atoms with E-state index in [0.717, 1.165) is 12.8 Å². The van der Waals surface area contributed by atoms with E-state index in [0.29, 0.717) is 0 Å². The first-order valence-corrected chi connectivity index (χ1v) is 18.7. The summed E-state index contributed by atoms with van der Waals surface area (Å²) in [6, 6.07) is 33.3. The molecule has 248 valence electrons. The predicted octanol–water partition coefficient (Wildman–Crippen LogP) is 12.4. The van der Waals surface area contributed by atoms with Gasteiger partial charge < -0.3 is 0 Å². The van der Waals surface area contributed by atoms with Crippen molar-refractivity contribution in [1.29, 1.82) is 0 Å². The van der Waals surface area contributed by atoms with Crippen molar-refractivity contribution in [2.75, 3.05) is 0 Å². The van der Waals surface area contributed by atoms with Crippen molar-refractivity contribution in [2.24, 2.45) is 0 Å². The topological polar surface area (TPSA) is 0 Å². The third kappa shape index (κ3) is 9.85. The third-order valence-corrected chi connectivity index (χ3v) is 10.5. The Labute approximate surface area is 308 Å². The molecule has 2 aliphatic carbocycles. The van der Waals surface area contributed by atoms with Crippen molar-refractivity contribution in [3.63, 3.8) is 0 Å². The van der Waals surface area contributed by atoms with Gasteiger partial charge in [-0.3, -0.25) is 6.08 Å². The Balaban J connectivity index is 0.000000189. The molecule has 0 nitrogen and oxygen atoms in total. The van der Waals surface area contributed by atoms with Crippen LogP contribution in [0.15, 0.2) is 97.1 Å². The van der Waals surface area contributed by atoms with Crippen molar-refractivity contribution in [3.05, 3.63) is 154 Å². The maximum absolute atomic E-state index is 3.67. The molecular formula is C47H56Zr. The Morgan fingerprint density at radius 3 is 1.44 bits per heavy atom. The predicted molar refractivity (Wildman–Crippen MR) is 206 cm³/mol. The van der Waals surface area contributed by atoms with E-state index < -0.39 is 0 Å². The van der Waals surface area contributed by atoms with Gasteiger partial charge in [-0.1, -0.05) is 65.3 Å². The van der Waals surface area contributed by atoms with E-state index >= 15 is 0 Å². The van der Waals surface area contributed by atoms with Crippen LogP contribution in [0.4, 0.5) is 0 Å². The van der Waals surface area contributed by atoms with Crippen LogP contribution in [0.3, 0.4) is 0 Å². The van der Waals surface area contributed by atoms with E-state index in [9.17, 15) is 0 Å². The third-order valence-electron chi connectivity index (χ3n) is 9.13. The van der Waals surface area contributed by atoms with Crippen molar-refractivity contribution in [1.82, 2.24) is 0 Å². The summed E-state index contributed by atoms with van der Waals surface area (Å²) in [7, 11) is 0. The van der Waals surface area contributed by atoms with E-state index in [1.165, 1.54) is 83.1 Å². The molecule has 0 unspecified atom stereocenters. The van der Waals surface area contributed by atoms with Crippen LogP contribution in [0.25, 0.3) is 11.1 Å². The summed E-state index contributed by atoms with van der Waals surface area (Å²) in [5, 5.41) is 0. The van der Waals surface area contributed by atoms with Crippen molar-refractivity contribution < 1.29 is 24.2 Å². The molecule has 0 heterocycles. The molecule has 0 spiro atoms. The van der Waals surface area contributed by atoms with Crippen LogP contribution in [0.2, 0.25) is 0 Å². The standard InChI is InChI=1S/C21H25.C21H26.C5H5.Zr/c1-20(2,3)16-7-9-18-14(12-16)11-15-13-17(21(4,5)6)8-10-19(15)18;1-20(2,3)18-11-7-16(8-12-18)15-17-9-13-19(14-10-17)21(4,5)6;1-2-4-5-3-1;/h7-10,12H,11H2,1-6H3;7-14H,1-6H3;1-3H,4H2;/q-1;;-1;+2. The van der Waals surface area contributed by atoms with Crippen LogP contribution >= 0.6 is 0 Å². The van der Waals surface area contributed by atoms with E-state index in [2.05, 4.69) is 180 Å². The van der Waals surface area contributed by atoms with E-state index in [-0.39, 0.29) is 21.7 Å². The minimum Gasteiger partial charge on any atom is -0.273 e. The molecule has 0 radical (unpaired) electrons. The second-order valence-electron chi connectivity index (χ2n) is 17.3. The molecule has 0 saturated carbocycles. The number of hydrogen-bond acceptors (Lipinski definition) is 0. The van der Waals surface area contributed by atoms with Crippen LogP contribution in [0.1, 0.15) is 134 Å². The molecule has 1 heteroatoms. The first-order chi connectivity index (χ1) is 22.2. The van der Waals surface area contributed by atoms with Gasteiger partial charge in [0, 0.05) is 0 Å². The first kappa shape index (κ1) is 37.9. The smallest absolute Gasteiger partial charge is 0.109 e. The summed E-state index contributed by atoms with van der Waals surface area (Å²) in [5.74, 6) is 0. The van der Waals surface area contributed by atoms with Gasteiger partial charge in [-0.15, -0.1) is 17.5 Å². The molecule has 2 aliphatic rings. The molecule has 0 amide bonds. The SMILES string of the molecule is CC(C)(C)c1[c-]c2c(cc1)-c1ccc(C(C)(C)C)cc1C2.CC(C)(C)c1ccc([C](=[Zr+2])c2ccc(C(C)(C)C)cc2)cc1.[C-]1=CC=CC1. The number of hydrogen-bond donors (Lipinski definition) is 0. The van der Waals surface area contributed by atoms with Crippen LogP contribution < -0.4 is 0 Å². The zero-order chi connectivity index (χ0) is 35.5. The second-order valence-corrected chi connectivity index (χ2v) is 18.6. The Morgan fingerprint density at radius 2 is 1.04 bits per heavy atom. The first-order valence-electron chi connectivity index (χ1n) is 17.5. The number of allylic oxidation sites excluding steroid dienone is 4. The van der Waals surface area contributed by atoms with Gasteiger partial charge in [0.25, 0.3) is 0 Å². The van der Waals surface area contributed by atoms with Crippen LogP contribution in [-0.4, -0.2) is 3.21 Å². The van der Waals surface area contributed by atoms with Gasteiger partial charge >= 0.3 is 151 Å².